The number of hydrogen-bond donors (Lipinski definition) is 2. The molecule has 0 atom stereocenters. The highest BCUT2D eigenvalue weighted by atomic mass is 35.5. The van der Waals surface area contributed by atoms with E-state index in [1.165, 1.54) is 12.3 Å². The van der Waals surface area contributed by atoms with Crippen molar-refractivity contribution >= 4 is 61.7 Å². The molecular weight excluding hydrogens is 658 g/mol. The van der Waals surface area contributed by atoms with Gasteiger partial charge in [0.15, 0.2) is 17.5 Å². The number of benzene rings is 1. The fourth-order valence-corrected chi connectivity index (χ4v) is 5.11. The van der Waals surface area contributed by atoms with Crippen molar-refractivity contribution in [2.75, 3.05) is 49.1 Å². The number of hydrogen-bond acceptors (Lipinski definition) is 11. The van der Waals surface area contributed by atoms with Crippen LogP contribution in [0.3, 0.4) is 0 Å². The highest BCUT2D eigenvalue weighted by molar-refractivity contribution is 7.86. The summed E-state index contributed by atoms with van der Waals surface area (Å²) >= 11 is 6.49. The van der Waals surface area contributed by atoms with E-state index in [1.54, 1.807) is 31.7 Å². The fourth-order valence-electron chi connectivity index (χ4n) is 4.49. The molecule has 47 heavy (non-hydrogen) atoms. The van der Waals surface area contributed by atoms with E-state index in [2.05, 4.69) is 32.2 Å². The molecule has 3 aromatic heterocycles. The monoisotopic (exact) mass is 692 g/mol. The number of aromatic nitrogens is 4. The van der Waals surface area contributed by atoms with Gasteiger partial charge in [-0.25, -0.2) is 18.7 Å². The van der Waals surface area contributed by atoms with Crippen LogP contribution >= 0.6 is 11.6 Å². The average molecular weight is 693 g/mol. The molecule has 13 nitrogen and oxygen atoms in total. The van der Waals surface area contributed by atoms with Crippen LogP contribution in [-0.4, -0.2) is 78.3 Å². The molecule has 4 rings (SSSR count). The molecule has 0 bridgehead atoms. The predicted molar refractivity (Wildman–Crippen MR) is 177 cm³/mol. The van der Waals surface area contributed by atoms with Crippen LogP contribution in [0.15, 0.2) is 43.2 Å². The van der Waals surface area contributed by atoms with Crippen molar-refractivity contribution in [3.63, 3.8) is 0 Å². The Labute approximate surface area is 276 Å². The van der Waals surface area contributed by atoms with Crippen LogP contribution in [-0.2, 0) is 26.2 Å². The maximum absolute atomic E-state index is 14.3. The Hall–Kier alpha value is -4.38. The number of halogens is 3. The Morgan fingerprint density at radius 3 is 2.53 bits per heavy atom. The Bertz CT molecular complexity index is 1920. The molecule has 2 N–H and O–H groups in total. The van der Waals surface area contributed by atoms with Gasteiger partial charge in [-0.05, 0) is 59.1 Å². The van der Waals surface area contributed by atoms with Gasteiger partial charge in [-0.2, -0.15) is 18.5 Å². The number of anilines is 4. The van der Waals surface area contributed by atoms with E-state index in [9.17, 15) is 22.0 Å². The number of carbonyl (C=O) groups excluding carboxylic acids is 1. The highest BCUT2D eigenvalue weighted by Crippen LogP contribution is 2.38. The fraction of sp³-hybridized carbons (Fsp3) is 0.333. The third kappa shape index (κ3) is 8.71. The number of ether oxygens (including phenoxy) is 1. The largest absolute Gasteiger partial charge is 0.473 e. The standard InChI is InChI=1S/C30H35ClF2N8O5S/c1-8-26(42)41(46-47(7,43)44)25-14-23(29(45-17(2)3)38-28(25)34-10-9-11-39(4)5)36-30-35-15-20(31)27(37-30)19-16-40(6)24-13-22(33)21(32)12-18(19)24/h8,12-17H,1,9-11H2,2-7H3,(H,34,38)(H,35,36,37). The molecular formula is C30H35ClF2N8O5S. The van der Waals surface area contributed by atoms with Crippen molar-refractivity contribution in [1.29, 1.82) is 0 Å². The number of pyridine rings is 1. The first kappa shape index (κ1) is 35.5. The Morgan fingerprint density at radius 2 is 1.89 bits per heavy atom. The second-order valence-corrected chi connectivity index (χ2v) is 13.0. The van der Waals surface area contributed by atoms with Gasteiger partial charge >= 0.3 is 0 Å². The van der Waals surface area contributed by atoms with Crippen molar-refractivity contribution in [1.82, 2.24) is 24.4 Å². The summed E-state index contributed by atoms with van der Waals surface area (Å²) in [6.07, 6.45) is 4.96. The third-order valence-corrected chi connectivity index (χ3v) is 7.17. The van der Waals surface area contributed by atoms with Crippen LogP contribution in [0.25, 0.3) is 22.2 Å². The molecule has 0 aliphatic rings. The number of carbonyl (C=O) groups is 1. The van der Waals surface area contributed by atoms with E-state index >= 15 is 0 Å². The molecule has 4 aromatic rings. The van der Waals surface area contributed by atoms with Gasteiger partial charge in [0, 0.05) is 36.8 Å². The molecule has 1 aromatic carbocycles. The van der Waals surface area contributed by atoms with Crippen molar-refractivity contribution in [3.05, 3.63) is 59.9 Å². The van der Waals surface area contributed by atoms with Gasteiger partial charge in [-0.1, -0.05) is 18.2 Å². The lowest BCUT2D eigenvalue weighted by Gasteiger charge is -2.24. The summed E-state index contributed by atoms with van der Waals surface area (Å²) in [6, 6.07) is 3.53. The van der Waals surface area contributed by atoms with E-state index in [1.807, 2.05) is 19.0 Å². The smallest absolute Gasteiger partial charge is 0.285 e. The van der Waals surface area contributed by atoms with E-state index < -0.39 is 27.7 Å². The number of rotatable bonds is 14. The summed E-state index contributed by atoms with van der Waals surface area (Å²) in [5, 5.41) is 7.18. The van der Waals surface area contributed by atoms with Gasteiger partial charge in [0.25, 0.3) is 16.0 Å². The van der Waals surface area contributed by atoms with Gasteiger partial charge in [0.05, 0.1) is 34.8 Å². The summed E-state index contributed by atoms with van der Waals surface area (Å²) in [5.41, 5.74) is 1.09. The maximum Gasteiger partial charge on any atom is 0.285 e. The number of amides is 1. The van der Waals surface area contributed by atoms with Crippen LogP contribution in [0, 0.1) is 11.6 Å². The highest BCUT2D eigenvalue weighted by Gasteiger charge is 2.27. The maximum atomic E-state index is 14.3. The summed E-state index contributed by atoms with van der Waals surface area (Å²) < 4.78 is 65.3. The summed E-state index contributed by atoms with van der Waals surface area (Å²) in [5.74, 6) is -2.78. The molecule has 0 aliphatic carbocycles. The molecule has 0 saturated carbocycles. The van der Waals surface area contributed by atoms with E-state index in [4.69, 9.17) is 20.6 Å². The van der Waals surface area contributed by atoms with Crippen LogP contribution < -0.4 is 20.4 Å². The van der Waals surface area contributed by atoms with Crippen molar-refractivity contribution in [2.24, 2.45) is 7.05 Å². The Morgan fingerprint density at radius 1 is 1.19 bits per heavy atom. The summed E-state index contributed by atoms with van der Waals surface area (Å²) in [4.78, 5) is 28.3. The first-order valence-corrected chi connectivity index (χ1v) is 16.5. The van der Waals surface area contributed by atoms with Gasteiger partial charge < -0.3 is 24.8 Å². The number of hydroxylamine groups is 1. The second-order valence-electron chi connectivity index (χ2n) is 11.0. The zero-order valence-corrected chi connectivity index (χ0v) is 28.2. The number of nitrogens with zero attached hydrogens (tertiary/aromatic N) is 6. The quantitative estimate of drug-likeness (QED) is 0.101. The van der Waals surface area contributed by atoms with Crippen LogP contribution in [0.2, 0.25) is 5.02 Å². The molecule has 17 heteroatoms. The number of nitrogens with one attached hydrogen (secondary N) is 2. The lowest BCUT2D eigenvalue weighted by atomic mass is 10.1. The van der Waals surface area contributed by atoms with Crippen LogP contribution in [0.4, 0.5) is 31.9 Å². The van der Waals surface area contributed by atoms with Gasteiger partial charge in [-0.15, -0.1) is 4.28 Å². The normalized spacial score (nSPS) is 11.7. The first-order valence-electron chi connectivity index (χ1n) is 14.3. The number of aryl methyl sites for hydroxylation is 1. The van der Waals surface area contributed by atoms with Crippen molar-refractivity contribution in [3.8, 4) is 17.1 Å². The molecule has 0 aliphatic heterocycles. The van der Waals surface area contributed by atoms with E-state index in [0.717, 1.165) is 31.0 Å². The Kier molecular flexibility index (Phi) is 11.0. The lowest BCUT2D eigenvalue weighted by molar-refractivity contribution is -0.118. The van der Waals surface area contributed by atoms with Crippen LogP contribution in [0.1, 0.15) is 20.3 Å². The summed E-state index contributed by atoms with van der Waals surface area (Å²) in [7, 11) is 1.33. The lowest BCUT2D eigenvalue weighted by Crippen LogP contribution is -2.33. The molecule has 1 amide bonds. The third-order valence-electron chi connectivity index (χ3n) is 6.47. The minimum absolute atomic E-state index is 0.0114. The molecule has 0 fully saturated rings. The second kappa shape index (κ2) is 14.6. The zero-order chi connectivity index (χ0) is 34.6. The molecule has 252 valence electrons. The first-order chi connectivity index (χ1) is 22.1. The van der Waals surface area contributed by atoms with Crippen molar-refractivity contribution < 1.29 is 31.0 Å². The average Bonchev–Trinajstić information content (AvgIpc) is 3.29. The van der Waals surface area contributed by atoms with E-state index in [-0.39, 0.29) is 45.8 Å². The molecule has 0 unspecified atom stereocenters. The molecule has 0 spiro atoms. The predicted octanol–water partition coefficient (Wildman–Crippen LogP) is 5.27. The van der Waals surface area contributed by atoms with Gasteiger partial charge in [-0.3, -0.25) is 4.79 Å². The summed E-state index contributed by atoms with van der Waals surface area (Å²) in [6.45, 7) is 8.16. The topological polar surface area (TPSA) is 144 Å². The SMILES string of the molecule is C=CC(=O)N(OS(C)(=O)=O)c1cc(Nc2ncc(Cl)c(-c3cn(C)c4cc(F)c(F)cc34)n2)c(OC(C)C)nc1NCCCN(C)C. The van der Waals surface area contributed by atoms with Crippen LogP contribution in [0.5, 0.6) is 5.88 Å². The van der Waals surface area contributed by atoms with Crippen molar-refractivity contribution in [2.45, 2.75) is 26.4 Å². The molecule has 0 saturated heterocycles. The minimum atomic E-state index is -4.19. The minimum Gasteiger partial charge on any atom is -0.473 e. The van der Waals surface area contributed by atoms with E-state index in [0.29, 0.717) is 34.5 Å². The van der Waals surface area contributed by atoms with Gasteiger partial charge in [0.2, 0.25) is 11.8 Å². The zero-order valence-electron chi connectivity index (χ0n) is 26.6. The number of fused-ring (bicyclic) bond motifs is 1. The molecule has 3 heterocycles. The Balaban J connectivity index is 1.85. The van der Waals surface area contributed by atoms with Gasteiger partial charge in [0.1, 0.15) is 11.4 Å². The molecule has 0 radical (unpaired) electrons.